The maximum atomic E-state index is 12.9. The molecule has 2 aromatic heterocycles. The predicted molar refractivity (Wildman–Crippen MR) is 190 cm³/mol. The molecule has 252 valence electrons. The second-order valence-corrected chi connectivity index (χ2v) is 12.3. The lowest BCUT2D eigenvalue weighted by Crippen LogP contribution is -2.36. The average molecular weight is 682 g/mol. The number of anilines is 1. The van der Waals surface area contributed by atoms with Gasteiger partial charge in [-0.1, -0.05) is 55.8 Å². The predicted octanol–water partition coefficient (Wildman–Crippen LogP) is 7.07. The van der Waals surface area contributed by atoms with Gasteiger partial charge in [-0.2, -0.15) is 5.10 Å². The van der Waals surface area contributed by atoms with Crippen LogP contribution in [0.2, 0.25) is 5.02 Å². The summed E-state index contributed by atoms with van der Waals surface area (Å²) in [5.41, 5.74) is 4.15. The van der Waals surface area contributed by atoms with Crippen molar-refractivity contribution in [3.63, 3.8) is 0 Å². The highest BCUT2D eigenvalue weighted by molar-refractivity contribution is 6.31. The molecule has 4 N–H and O–H groups in total. The van der Waals surface area contributed by atoms with Gasteiger partial charge in [0.15, 0.2) is 17.2 Å². The summed E-state index contributed by atoms with van der Waals surface area (Å²) < 4.78 is 12.1. The van der Waals surface area contributed by atoms with Crippen molar-refractivity contribution in [3.05, 3.63) is 119 Å². The number of hydrogen-bond donors (Lipinski definition) is 4. The molecule has 4 aromatic carbocycles. The van der Waals surface area contributed by atoms with Crippen LogP contribution in [0.5, 0.6) is 11.5 Å². The highest BCUT2D eigenvalue weighted by Crippen LogP contribution is 2.29. The number of para-hydroxylation sites is 1. The molecule has 2 amide bonds. The number of halogens is 1. The van der Waals surface area contributed by atoms with Crippen molar-refractivity contribution in [3.8, 4) is 11.5 Å². The number of aryl methyl sites for hydroxylation is 1. The van der Waals surface area contributed by atoms with E-state index in [1.54, 1.807) is 67.5 Å². The Morgan fingerprint density at radius 3 is 2.31 bits per heavy atom. The van der Waals surface area contributed by atoms with Gasteiger partial charge in [0.25, 0.3) is 11.8 Å². The lowest BCUT2D eigenvalue weighted by molar-refractivity contribution is 0.0691. The number of carbonyl (C=O) groups excluding carboxylic acids is 2. The molecule has 0 saturated heterocycles. The summed E-state index contributed by atoms with van der Waals surface area (Å²) in [5, 5.41) is 20.7. The van der Waals surface area contributed by atoms with Crippen molar-refractivity contribution in [2.45, 2.75) is 19.3 Å². The van der Waals surface area contributed by atoms with Crippen LogP contribution in [-0.2, 0) is 12.5 Å². The number of aromatic amines is 1. The van der Waals surface area contributed by atoms with Crippen LogP contribution in [-0.4, -0.2) is 58.4 Å². The molecular weight excluding hydrogens is 646 g/mol. The molecule has 0 aliphatic carbocycles. The van der Waals surface area contributed by atoms with E-state index < -0.39 is 5.97 Å². The van der Waals surface area contributed by atoms with E-state index in [2.05, 4.69) is 34.6 Å². The van der Waals surface area contributed by atoms with Crippen LogP contribution in [0, 0.1) is 0 Å². The molecule has 0 unspecified atom stereocenters. The molecular formula is C37H36ClN5O6. The van der Waals surface area contributed by atoms with Crippen LogP contribution >= 0.6 is 11.6 Å². The van der Waals surface area contributed by atoms with Gasteiger partial charge >= 0.3 is 5.97 Å². The lowest BCUT2D eigenvalue weighted by atomic mass is 9.84. The number of benzene rings is 4. The van der Waals surface area contributed by atoms with Crippen LogP contribution in [0.25, 0.3) is 21.8 Å². The van der Waals surface area contributed by atoms with Crippen molar-refractivity contribution in [2.75, 3.05) is 26.1 Å². The van der Waals surface area contributed by atoms with Crippen molar-refractivity contribution in [1.29, 1.82) is 0 Å². The summed E-state index contributed by atoms with van der Waals surface area (Å²) in [6.45, 7) is 4.53. The fourth-order valence-corrected chi connectivity index (χ4v) is 5.51. The fraction of sp³-hybridized carbons (Fsp3) is 0.189. The number of nitrogens with zero attached hydrogens (tertiary/aromatic N) is 2. The van der Waals surface area contributed by atoms with E-state index in [1.807, 2.05) is 42.5 Å². The Bertz CT molecular complexity index is 2150. The number of amides is 2. The first-order valence-corrected chi connectivity index (χ1v) is 15.6. The third-order valence-corrected chi connectivity index (χ3v) is 8.34. The Morgan fingerprint density at radius 2 is 1.61 bits per heavy atom. The van der Waals surface area contributed by atoms with E-state index in [0.29, 0.717) is 45.3 Å². The van der Waals surface area contributed by atoms with Gasteiger partial charge in [-0.05, 0) is 60.2 Å². The van der Waals surface area contributed by atoms with Crippen molar-refractivity contribution >= 4 is 56.9 Å². The molecule has 0 aliphatic heterocycles. The molecule has 6 aromatic rings. The number of ether oxygens (including phenoxy) is 2. The second kappa shape index (κ2) is 14.5. The quantitative estimate of drug-likeness (QED) is 0.128. The van der Waals surface area contributed by atoms with E-state index in [-0.39, 0.29) is 22.9 Å². The van der Waals surface area contributed by atoms with Gasteiger partial charge < -0.3 is 30.2 Å². The maximum absolute atomic E-state index is 12.9. The van der Waals surface area contributed by atoms with E-state index in [1.165, 1.54) is 7.11 Å². The number of rotatable bonds is 9. The highest BCUT2D eigenvalue weighted by Gasteiger charge is 2.23. The Balaban J connectivity index is 0.000000299. The van der Waals surface area contributed by atoms with Gasteiger partial charge in [-0.25, -0.2) is 4.79 Å². The molecule has 0 fully saturated rings. The zero-order valence-electron chi connectivity index (χ0n) is 27.6. The van der Waals surface area contributed by atoms with Crippen molar-refractivity contribution in [2.24, 2.45) is 7.05 Å². The molecule has 0 radical (unpaired) electrons. The molecule has 49 heavy (non-hydrogen) atoms. The Hall–Kier alpha value is -5.81. The van der Waals surface area contributed by atoms with Crippen LogP contribution < -0.4 is 20.1 Å². The monoisotopic (exact) mass is 681 g/mol. The third kappa shape index (κ3) is 7.68. The zero-order chi connectivity index (χ0) is 35.3. The molecule has 0 atom stereocenters. The number of carboxylic acids is 1. The summed E-state index contributed by atoms with van der Waals surface area (Å²) in [6.07, 6.45) is 1.69. The van der Waals surface area contributed by atoms with Gasteiger partial charge in [0.05, 0.1) is 25.3 Å². The number of fused-ring (bicyclic) bond motifs is 2. The first kappa shape index (κ1) is 34.5. The van der Waals surface area contributed by atoms with E-state index in [0.717, 1.165) is 22.0 Å². The second-order valence-electron chi connectivity index (χ2n) is 11.9. The Labute approximate surface area is 287 Å². The van der Waals surface area contributed by atoms with Gasteiger partial charge in [0.1, 0.15) is 0 Å². The molecule has 11 nitrogen and oxygen atoms in total. The largest absolute Gasteiger partial charge is 0.493 e. The normalized spacial score (nSPS) is 11.1. The first-order valence-electron chi connectivity index (χ1n) is 15.3. The third-order valence-electron chi connectivity index (χ3n) is 8.11. The van der Waals surface area contributed by atoms with Gasteiger partial charge in [0.2, 0.25) is 0 Å². The van der Waals surface area contributed by atoms with Crippen LogP contribution in [0.15, 0.2) is 91.1 Å². The summed E-state index contributed by atoms with van der Waals surface area (Å²) in [5.74, 6) is -0.373. The standard InChI is InChI=1S/C28H28ClN3O4.C9H8N2O2/c1-28(2,16-31-27(34)22-15-30-23-11-8-19(29)14-21(22)23)18-6-9-20(10-7-18)32-26(33)17-5-12-24(35-3)25(13-17)36-4;1-11-7-5-3-2-4-6(7)8(10-11)9(12)13/h5-15,30H,16H2,1-4H3,(H,31,34)(H,32,33);2-5H,1H3,(H,12,13). The molecule has 12 heteroatoms. The van der Waals surface area contributed by atoms with Gasteiger partial charge in [-0.3, -0.25) is 14.3 Å². The minimum atomic E-state index is -0.989. The van der Waals surface area contributed by atoms with Crippen LogP contribution in [0.3, 0.4) is 0 Å². The fourth-order valence-electron chi connectivity index (χ4n) is 5.34. The summed E-state index contributed by atoms with van der Waals surface area (Å²) in [7, 11) is 4.80. The number of aromatic nitrogens is 3. The molecule has 0 saturated carbocycles. The van der Waals surface area contributed by atoms with Crippen LogP contribution in [0.4, 0.5) is 5.69 Å². The lowest BCUT2D eigenvalue weighted by Gasteiger charge is -2.26. The van der Waals surface area contributed by atoms with Gasteiger partial charge in [-0.15, -0.1) is 0 Å². The Kier molecular flexibility index (Phi) is 10.2. The summed E-state index contributed by atoms with van der Waals surface area (Å²) in [4.78, 5) is 39.4. The van der Waals surface area contributed by atoms with E-state index in [4.69, 9.17) is 26.2 Å². The van der Waals surface area contributed by atoms with Crippen LogP contribution in [0.1, 0.15) is 50.6 Å². The Morgan fingerprint density at radius 1 is 0.898 bits per heavy atom. The molecule has 0 aliphatic rings. The smallest absolute Gasteiger partial charge is 0.357 e. The highest BCUT2D eigenvalue weighted by atomic mass is 35.5. The number of H-pyrrole nitrogens is 1. The number of carboxylic acid groups (broad SMARTS) is 1. The number of methoxy groups -OCH3 is 2. The molecule has 0 spiro atoms. The summed E-state index contributed by atoms with van der Waals surface area (Å²) >= 11 is 6.10. The number of hydrogen-bond acceptors (Lipinski definition) is 6. The number of aromatic carboxylic acids is 1. The number of nitrogens with one attached hydrogen (secondary N) is 3. The summed E-state index contributed by atoms with van der Waals surface area (Å²) in [6, 6.07) is 25.3. The molecule has 0 bridgehead atoms. The maximum Gasteiger partial charge on any atom is 0.357 e. The van der Waals surface area contributed by atoms with E-state index >= 15 is 0 Å². The minimum absolute atomic E-state index is 0.109. The van der Waals surface area contributed by atoms with E-state index in [9.17, 15) is 14.4 Å². The molecule has 2 heterocycles. The van der Waals surface area contributed by atoms with Crippen molar-refractivity contribution < 1.29 is 29.0 Å². The SMILES string of the molecule is COc1ccc(C(=O)Nc2ccc(C(C)(C)CNC(=O)c3c[nH]c4ccc(Cl)cc34)cc2)cc1OC.Cn1nc(C(=O)O)c2ccccc21. The average Bonchev–Trinajstić information content (AvgIpc) is 3.68. The topological polar surface area (TPSA) is 148 Å². The zero-order valence-corrected chi connectivity index (χ0v) is 28.4. The molecule has 6 rings (SSSR count). The van der Waals surface area contributed by atoms with Gasteiger partial charge in [0, 0.05) is 57.8 Å². The van der Waals surface area contributed by atoms with Crippen molar-refractivity contribution in [1.82, 2.24) is 20.1 Å². The minimum Gasteiger partial charge on any atom is -0.493 e. The first-order chi connectivity index (χ1) is 23.4. The number of carbonyl (C=O) groups is 3.